The summed E-state index contributed by atoms with van der Waals surface area (Å²) < 4.78 is 0. The Hall–Kier alpha value is -0.548. The molecule has 0 unspecified atom stereocenters. The van der Waals surface area contributed by atoms with Crippen LogP contribution in [0.15, 0.2) is 36.9 Å². The Bertz CT molecular complexity index is 172. The topological polar surface area (TPSA) is 30.5 Å². The van der Waals surface area contributed by atoms with Gasteiger partial charge in [0.25, 0.3) is 0 Å². The van der Waals surface area contributed by atoms with Crippen LogP contribution in [0.1, 0.15) is 5.56 Å². The molecular formula is C8H8AlN. The molecule has 2 heteroatoms. The summed E-state index contributed by atoms with van der Waals surface area (Å²) in [6.07, 6.45) is 1.83. The molecule has 0 spiro atoms. The van der Waals surface area contributed by atoms with E-state index in [1.54, 1.807) is 0 Å². The molecule has 0 aliphatic heterocycles. The summed E-state index contributed by atoms with van der Waals surface area (Å²) in [5.41, 5.74) is 1.17. The Morgan fingerprint density at radius 1 is 1.10 bits per heavy atom. The van der Waals surface area contributed by atoms with E-state index < -0.39 is 0 Å². The van der Waals surface area contributed by atoms with Crippen LogP contribution in [0.4, 0.5) is 0 Å². The van der Waals surface area contributed by atoms with Crippen LogP contribution in [-0.2, 0) is 0 Å². The molecule has 10 heavy (non-hydrogen) atoms. The molecule has 0 aliphatic carbocycles. The quantitative estimate of drug-likeness (QED) is 0.542. The maximum absolute atomic E-state index is 3.63. The van der Waals surface area contributed by atoms with Crippen LogP contribution in [0.2, 0.25) is 0 Å². The fourth-order valence-electron chi connectivity index (χ4n) is 0.589. The van der Waals surface area contributed by atoms with E-state index in [0.29, 0.717) is 0 Å². The number of nitrogens with zero attached hydrogens (tertiary/aromatic N) is 1. The van der Waals surface area contributed by atoms with Crippen molar-refractivity contribution in [2.75, 3.05) is 0 Å². The molecule has 0 N–H and O–H groups in total. The molecule has 1 aromatic carbocycles. The fourth-order valence-corrected chi connectivity index (χ4v) is 0.589. The molecule has 0 bridgehead atoms. The van der Waals surface area contributed by atoms with Gasteiger partial charge in [-0.05, 0) is 5.56 Å². The van der Waals surface area contributed by atoms with Gasteiger partial charge in [0.1, 0.15) is 0 Å². The standard InChI is InChI=1S/C8H8.Al.N/c1-2-8-6-4-3-5-7-8;;/h2-7H,1H2;;/q;+3;-3. The second-order valence-electron chi connectivity index (χ2n) is 1.61. The zero-order valence-electron chi connectivity index (χ0n) is 5.70. The Labute approximate surface area is 72.5 Å². The third kappa shape index (κ3) is 3.47. The average molecular weight is 145 g/mol. The molecule has 0 saturated carbocycles. The van der Waals surface area contributed by atoms with Gasteiger partial charge in [0.05, 0.1) is 0 Å². The van der Waals surface area contributed by atoms with Crippen molar-refractivity contribution in [3.63, 3.8) is 0 Å². The second kappa shape index (κ2) is 6.57. The molecule has 48 valence electrons. The summed E-state index contributed by atoms with van der Waals surface area (Å²) in [6.45, 7) is 3.63. The van der Waals surface area contributed by atoms with Crippen LogP contribution in [0, 0.1) is 0 Å². The molecule has 0 aromatic heterocycles. The van der Waals surface area contributed by atoms with Crippen molar-refractivity contribution in [3.8, 4) is 0 Å². The van der Waals surface area contributed by atoms with Crippen LogP contribution < -0.4 is 0 Å². The van der Waals surface area contributed by atoms with E-state index in [1.807, 2.05) is 36.4 Å². The van der Waals surface area contributed by atoms with Gasteiger partial charge in [-0.3, -0.25) is 0 Å². The van der Waals surface area contributed by atoms with Gasteiger partial charge >= 0.3 is 17.4 Å². The SMILES string of the molecule is C=Cc1ccccc1.[Al+3].[N-3]. The average Bonchev–Trinajstić information content (AvgIpc) is 1.90. The summed E-state index contributed by atoms with van der Waals surface area (Å²) in [7, 11) is 0. The van der Waals surface area contributed by atoms with Crippen LogP contribution in [0.3, 0.4) is 0 Å². The van der Waals surface area contributed by atoms with Crippen LogP contribution in [0.25, 0.3) is 12.2 Å². The van der Waals surface area contributed by atoms with Gasteiger partial charge in [-0.15, -0.1) is 0 Å². The fraction of sp³-hybridized carbons (Fsp3) is 0. The summed E-state index contributed by atoms with van der Waals surface area (Å²) >= 11 is 0. The minimum atomic E-state index is 0. The van der Waals surface area contributed by atoms with E-state index in [-0.39, 0.29) is 23.5 Å². The van der Waals surface area contributed by atoms with Crippen molar-refractivity contribution in [2.24, 2.45) is 0 Å². The first-order valence-corrected chi connectivity index (χ1v) is 2.61. The number of hydrogen-bond donors (Lipinski definition) is 0. The Morgan fingerprint density at radius 2 is 1.60 bits per heavy atom. The Morgan fingerprint density at radius 3 is 1.90 bits per heavy atom. The normalized spacial score (nSPS) is 6.80. The van der Waals surface area contributed by atoms with Gasteiger partial charge in [-0.2, -0.15) is 0 Å². The number of rotatable bonds is 1. The van der Waals surface area contributed by atoms with Gasteiger partial charge in [-0.1, -0.05) is 43.0 Å². The van der Waals surface area contributed by atoms with E-state index >= 15 is 0 Å². The van der Waals surface area contributed by atoms with E-state index in [1.165, 1.54) is 5.56 Å². The van der Waals surface area contributed by atoms with Crippen molar-refractivity contribution >= 4 is 23.4 Å². The number of benzene rings is 1. The first-order valence-electron chi connectivity index (χ1n) is 2.61. The monoisotopic (exact) mass is 145 g/mol. The Balaban J connectivity index is 0. The van der Waals surface area contributed by atoms with E-state index in [0.717, 1.165) is 0 Å². The van der Waals surface area contributed by atoms with Gasteiger partial charge in [0.2, 0.25) is 0 Å². The van der Waals surface area contributed by atoms with Crippen molar-refractivity contribution < 1.29 is 0 Å². The zero-order chi connectivity index (χ0) is 5.82. The first-order chi connectivity index (χ1) is 3.93. The molecule has 0 saturated heterocycles. The van der Waals surface area contributed by atoms with Crippen molar-refractivity contribution in [2.45, 2.75) is 0 Å². The van der Waals surface area contributed by atoms with E-state index in [9.17, 15) is 0 Å². The molecule has 0 aliphatic rings. The molecule has 0 fully saturated rings. The number of hydrogen-bond acceptors (Lipinski definition) is 0. The van der Waals surface area contributed by atoms with Crippen molar-refractivity contribution in [1.29, 1.82) is 0 Å². The van der Waals surface area contributed by atoms with Gasteiger partial charge < -0.3 is 6.15 Å². The summed E-state index contributed by atoms with van der Waals surface area (Å²) in [6, 6.07) is 10.0. The maximum Gasteiger partial charge on any atom is 3.00 e. The van der Waals surface area contributed by atoms with Crippen LogP contribution in [-0.4, -0.2) is 17.4 Å². The second-order valence-corrected chi connectivity index (χ2v) is 1.61. The molecule has 0 atom stereocenters. The van der Waals surface area contributed by atoms with Gasteiger partial charge in [0.15, 0.2) is 0 Å². The predicted molar refractivity (Wildman–Crippen MR) is 45.6 cm³/mol. The maximum atomic E-state index is 3.63. The largest absolute Gasteiger partial charge is 3.00 e. The smallest absolute Gasteiger partial charge is 3.00 e. The minimum absolute atomic E-state index is 0. The van der Waals surface area contributed by atoms with Crippen LogP contribution in [0.5, 0.6) is 0 Å². The minimum Gasteiger partial charge on any atom is -3.00 e. The van der Waals surface area contributed by atoms with Crippen molar-refractivity contribution in [3.05, 3.63) is 48.6 Å². The van der Waals surface area contributed by atoms with Crippen molar-refractivity contribution in [1.82, 2.24) is 0 Å². The van der Waals surface area contributed by atoms with E-state index in [4.69, 9.17) is 0 Å². The third-order valence-electron chi connectivity index (χ3n) is 1.04. The Kier molecular flexibility index (Phi) is 7.99. The zero-order valence-corrected chi connectivity index (χ0v) is 6.85. The van der Waals surface area contributed by atoms with Gasteiger partial charge in [0, 0.05) is 0 Å². The molecule has 0 heterocycles. The molecular weight excluding hydrogens is 137 g/mol. The molecule has 1 rings (SSSR count). The van der Waals surface area contributed by atoms with Gasteiger partial charge in [-0.25, -0.2) is 0 Å². The summed E-state index contributed by atoms with van der Waals surface area (Å²) in [4.78, 5) is 0. The molecule has 1 nitrogen and oxygen atoms in total. The van der Waals surface area contributed by atoms with Crippen LogP contribution >= 0.6 is 0 Å². The van der Waals surface area contributed by atoms with E-state index in [2.05, 4.69) is 6.58 Å². The summed E-state index contributed by atoms with van der Waals surface area (Å²) in [5, 5.41) is 0. The summed E-state index contributed by atoms with van der Waals surface area (Å²) in [5.74, 6) is 0. The molecule has 1 aromatic rings. The molecule has 0 radical (unpaired) electrons. The predicted octanol–water partition coefficient (Wildman–Crippen LogP) is 2.24. The third-order valence-corrected chi connectivity index (χ3v) is 1.04. The first kappa shape index (κ1) is 12.2. The molecule has 0 amide bonds.